The molecule has 4 heteroatoms. The number of hydrogen-bond acceptors (Lipinski definition) is 3. The molecule has 0 atom stereocenters. The number of nitrogens with zero attached hydrogens (tertiary/aromatic N) is 2. The summed E-state index contributed by atoms with van der Waals surface area (Å²) in [5.41, 5.74) is 0.933. The second-order valence-corrected chi connectivity index (χ2v) is 4.80. The Hall–Kier alpha value is -1.42. The number of aromatic nitrogens is 2. The molecule has 0 unspecified atom stereocenters. The number of rotatable bonds is 4. The second kappa shape index (κ2) is 4.61. The van der Waals surface area contributed by atoms with Crippen LogP contribution in [0.15, 0.2) is 24.4 Å². The van der Waals surface area contributed by atoms with E-state index in [4.69, 9.17) is 0 Å². The molecule has 0 saturated carbocycles. The van der Waals surface area contributed by atoms with Gasteiger partial charge in [-0.1, -0.05) is 6.92 Å². The highest BCUT2D eigenvalue weighted by molar-refractivity contribution is 7.17. The molecule has 2 heterocycles. The van der Waals surface area contributed by atoms with Gasteiger partial charge in [-0.15, -0.1) is 11.3 Å². The van der Waals surface area contributed by atoms with E-state index in [0.29, 0.717) is 6.42 Å². The van der Waals surface area contributed by atoms with Gasteiger partial charge in [0, 0.05) is 19.7 Å². The Kier molecular flexibility index (Phi) is 3.19. The normalized spacial score (nSPS) is 10.6. The fraction of sp³-hybridized carbons (Fsp3) is 0.333. The zero-order valence-electron chi connectivity index (χ0n) is 9.43. The average Bonchev–Trinajstić information content (AvgIpc) is 2.85. The topological polar surface area (TPSA) is 34.9 Å². The van der Waals surface area contributed by atoms with Gasteiger partial charge in [0.1, 0.15) is 5.69 Å². The van der Waals surface area contributed by atoms with Gasteiger partial charge in [0.25, 0.3) is 0 Å². The van der Waals surface area contributed by atoms with Gasteiger partial charge in [0.05, 0.1) is 9.75 Å². The molecule has 0 radical (unpaired) electrons. The van der Waals surface area contributed by atoms with Crippen LogP contribution in [0.3, 0.4) is 0 Å². The van der Waals surface area contributed by atoms with Crippen LogP contribution >= 0.6 is 11.3 Å². The first kappa shape index (κ1) is 11.1. The molecule has 16 heavy (non-hydrogen) atoms. The summed E-state index contributed by atoms with van der Waals surface area (Å²) in [7, 11) is 1.89. The second-order valence-electron chi connectivity index (χ2n) is 3.71. The third-order valence-corrected chi connectivity index (χ3v) is 3.47. The Labute approximate surface area is 98.7 Å². The number of ketones is 1. The third-order valence-electron chi connectivity index (χ3n) is 2.32. The maximum atomic E-state index is 11.7. The summed E-state index contributed by atoms with van der Waals surface area (Å²) < 4.78 is 1.77. The molecule has 0 bridgehead atoms. The highest BCUT2D eigenvalue weighted by atomic mass is 32.1. The van der Waals surface area contributed by atoms with Crippen LogP contribution in [-0.4, -0.2) is 15.6 Å². The Bertz CT molecular complexity index is 499. The molecule has 2 aromatic rings. The average molecular weight is 234 g/mol. The molecule has 0 aliphatic rings. The molecule has 0 aromatic carbocycles. The van der Waals surface area contributed by atoms with Gasteiger partial charge in [-0.3, -0.25) is 9.48 Å². The Morgan fingerprint density at radius 1 is 1.44 bits per heavy atom. The van der Waals surface area contributed by atoms with E-state index in [0.717, 1.165) is 21.9 Å². The van der Waals surface area contributed by atoms with Crippen LogP contribution < -0.4 is 0 Å². The summed E-state index contributed by atoms with van der Waals surface area (Å²) in [6.45, 7) is 2.02. The summed E-state index contributed by atoms with van der Waals surface area (Å²) in [4.78, 5) is 13.6. The van der Waals surface area contributed by atoms with Crippen molar-refractivity contribution in [3.8, 4) is 10.6 Å². The predicted molar refractivity (Wildman–Crippen MR) is 65.8 cm³/mol. The van der Waals surface area contributed by atoms with Gasteiger partial charge in [-0.25, -0.2) is 0 Å². The van der Waals surface area contributed by atoms with Crippen molar-refractivity contribution < 1.29 is 4.79 Å². The van der Waals surface area contributed by atoms with Crippen molar-refractivity contribution in [3.05, 3.63) is 29.3 Å². The summed E-state index contributed by atoms with van der Waals surface area (Å²) >= 11 is 1.52. The van der Waals surface area contributed by atoms with Crippen LogP contribution in [0.1, 0.15) is 29.4 Å². The van der Waals surface area contributed by atoms with Crippen molar-refractivity contribution in [1.29, 1.82) is 0 Å². The minimum Gasteiger partial charge on any atom is -0.293 e. The molecule has 0 fully saturated rings. The lowest BCUT2D eigenvalue weighted by Crippen LogP contribution is -1.93. The van der Waals surface area contributed by atoms with Crippen LogP contribution in [0.2, 0.25) is 0 Å². The van der Waals surface area contributed by atoms with E-state index in [1.807, 2.05) is 38.4 Å². The minimum absolute atomic E-state index is 0.231. The van der Waals surface area contributed by atoms with Gasteiger partial charge >= 0.3 is 0 Å². The molecule has 0 aliphatic carbocycles. The Balaban J connectivity index is 2.22. The van der Waals surface area contributed by atoms with Crippen molar-refractivity contribution in [2.24, 2.45) is 7.05 Å². The molecular formula is C12H14N2OS. The number of hydrogen-bond donors (Lipinski definition) is 0. The lowest BCUT2D eigenvalue weighted by Gasteiger charge is -1.92. The van der Waals surface area contributed by atoms with Gasteiger partial charge in [-0.05, 0) is 24.6 Å². The van der Waals surface area contributed by atoms with E-state index >= 15 is 0 Å². The van der Waals surface area contributed by atoms with Crippen LogP contribution in [0, 0.1) is 0 Å². The van der Waals surface area contributed by atoms with E-state index in [1.54, 1.807) is 4.68 Å². The first-order valence-corrected chi connectivity index (χ1v) is 6.15. The molecule has 0 amide bonds. The number of aryl methyl sites for hydroxylation is 1. The predicted octanol–water partition coefficient (Wildman–Crippen LogP) is 3.13. The molecule has 2 aromatic heterocycles. The Morgan fingerprint density at radius 2 is 2.25 bits per heavy atom. The Morgan fingerprint density at radius 3 is 2.88 bits per heavy atom. The minimum atomic E-state index is 0.231. The van der Waals surface area contributed by atoms with Gasteiger partial charge in [0.2, 0.25) is 0 Å². The zero-order chi connectivity index (χ0) is 11.5. The van der Waals surface area contributed by atoms with Crippen LogP contribution in [0.25, 0.3) is 10.6 Å². The molecule has 2 rings (SSSR count). The van der Waals surface area contributed by atoms with E-state index in [-0.39, 0.29) is 5.78 Å². The summed E-state index contributed by atoms with van der Waals surface area (Å²) in [6, 6.07) is 5.82. The standard InChI is InChI=1S/C12H14N2OS/c1-3-4-10(15)12-6-5-11(16-12)9-7-8-14(2)13-9/h5-8H,3-4H2,1-2H3. The molecule has 0 spiro atoms. The SMILES string of the molecule is CCCC(=O)c1ccc(-c2ccn(C)n2)s1. The smallest absolute Gasteiger partial charge is 0.172 e. The molecule has 0 saturated heterocycles. The highest BCUT2D eigenvalue weighted by Crippen LogP contribution is 2.27. The van der Waals surface area contributed by atoms with E-state index in [1.165, 1.54) is 11.3 Å². The maximum Gasteiger partial charge on any atom is 0.172 e. The van der Waals surface area contributed by atoms with Crippen molar-refractivity contribution in [3.63, 3.8) is 0 Å². The van der Waals surface area contributed by atoms with E-state index in [9.17, 15) is 4.79 Å². The summed E-state index contributed by atoms with van der Waals surface area (Å²) in [5, 5.41) is 4.32. The summed E-state index contributed by atoms with van der Waals surface area (Å²) in [5.74, 6) is 0.231. The number of Topliss-reactive ketones (excluding diaryl/α,β-unsaturated/α-hetero) is 1. The third kappa shape index (κ3) is 2.22. The lowest BCUT2D eigenvalue weighted by molar-refractivity contribution is 0.0985. The zero-order valence-corrected chi connectivity index (χ0v) is 10.3. The number of thiophene rings is 1. The first-order valence-electron chi connectivity index (χ1n) is 5.33. The van der Waals surface area contributed by atoms with Gasteiger partial charge in [-0.2, -0.15) is 5.10 Å². The molecule has 0 N–H and O–H groups in total. The van der Waals surface area contributed by atoms with Crippen LogP contribution in [0.5, 0.6) is 0 Å². The fourth-order valence-corrected chi connectivity index (χ4v) is 2.46. The summed E-state index contributed by atoms with van der Waals surface area (Å²) in [6.07, 6.45) is 3.43. The quantitative estimate of drug-likeness (QED) is 0.762. The van der Waals surface area contributed by atoms with Crippen LogP contribution in [-0.2, 0) is 7.05 Å². The molecule has 84 valence electrons. The molecule has 3 nitrogen and oxygen atoms in total. The largest absolute Gasteiger partial charge is 0.293 e. The van der Waals surface area contributed by atoms with Crippen LogP contribution in [0.4, 0.5) is 0 Å². The molecule has 0 aliphatic heterocycles. The first-order chi connectivity index (χ1) is 7.70. The van der Waals surface area contributed by atoms with Crippen molar-refractivity contribution in [1.82, 2.24) is 9.78 Å². The monoisotopic (exact) mass is 234 g/mol. The maximum absolute atomic E-state index is 11.7. The number of carbonyl (C=O) groups excluding carboxylic acids is 1. The van der Waals surface area contributed by atoms with E-state index in [2.05, 4.69) is 5.10 Å². The number of carbonyl (C=O) groups is 1. The van der Waals surface area contributed by atoms with Gasteiger partial charge < -0.3 is 0 Å². The lowest BCUT2D eigenvalue weighted by atomic mass is 10.2. The van der Waals surface area contributed by atoms with Gasteiger partial charge in [0.15, 0.2) is 5.78 Å². The van der Waals surface area contributed by atoms with E-state index < -0.39 is 0 Å². The van der Waals surface area contributed by atoms with Crippen molar-refractivity contribution in [2.45, 2.75) is 19.8 Å². The highest BCUT2D eigenvalue weighted by Gasteiger charge is 2.10. The van der Waals surface area contributed by atoms with Crippen molar-refractivity contribution >= 4 is 17.1 Å². The van der Waals surface area contributed by atoms with Crippen molar-refractivity contribution in [2.75, 3.05) is 0 Å². The molecular weight excluding hydrogens is 220 g/mol. The fourth-order valence-electron chi connectivity index (χ4n) is 1.52.